The molecule has 20 heavy (non-hydrogen) atoms. The van der Waals surface area contributed by atoms with Gasteiger partial charge in [0.1, 0.15) is 5.56 Å². The van der Waals surface area contributed by atoms with Gasteiger partial charge in [-0.25, -0.2) is 4.98 Å². The van der Waals surface area contributed by atoms with E-state index in [0.29, 0.717) is 13.0 Å². The zero-order valence-corrected chi connectivity index (χ0v) is 10.4. The molecule has 1 aliphatic rings. The summed E-state index contributed by atoms with van der Waals surface area (Å²) in [5, 5.41) is 9.39. The number of aliphatic hydroxyl groups is 1. The number of likely N-dealkylation sites (tertiary alicyclic amines) is 1. The van der Waals surface area contributed by atoms with Gasteiger partial charge in [-0.1, -0.05) is 0 Å². The van der Waals surface area contributed by atoms with Crippen LogP contribution in [0.15, 0.2) is 18.3 Å². The van der Waals surface area contributed by atoms with Crippen LogP contribution in [0.5, 0.6) is 5.88 Å². The lowest BCUT2D eigenvalue weighted by molar-refractivity contribution is -0.154. The highest BCUT2D eigenvalue weighted by molar-refractivity contribution is 5.96. The molecule has 8 heteroatoms. The number of alkyl halides is 3. The van der Waals surface area contributed by atoms with Crippen LogP contribution in [0, 0.1) is 0 Å². The van der Waals surface area contributed by atoms with Gasteiger partial charge >= 0.3 is 6.18 Å². The molecule has 1 fully saturated rings. The number of hydrogen-bond donors (Lipinski definition) is 1. The standard InChI is InChI=1S/C12H13F3N2O3/c13-12(14,15)7-20-10-9(2-1-4-16-10)11(19)17-5-3-8(18)6-17/h1-2,4,8,18H,3,5-7H2/t8-/m1/s1. The number of ether oxygens (including phenoxy) is 1. The Bertz CT molecular complexity index is 493. The summed E-state index contributed by atoms with van der Waals surface area (Å²) in [6.45, 7) is -0.993. The van der Waals surface area contributed by atoms with Crippen LogP contribution in [0.2, 0.25) is 0 Å². The number of pyridine rings is 1. The predicted octanol–water partition coefficient (Wildman–Crippen LogP) is 1.23. The van der Waals surface area contributed by atoms with Crippen molar-refractivity contribution in [1.82, 2.24) is 9.88 Å². The summed E-state index contributed by atoms with van der Waals surface area (Å²) in [6, 6.07) is 2.80. The Morgan fingerprint density at radius 2 is 2.30 bits per heavy atom. The number of hydrogen-bond acceptors (Lipinski definition) is 4. The Balaban J connectivity index is 2.13. The van der Waals surface area contributed by atoms with Crippen molar-refractivity contribution in [2.24, 2.45) is 0 Å². The average molecular weight is 290 g/mol. The van der Waals surface area contributed by atoms with Gasteiger partial charge in [0.05, 0.1) is 6.10 Å². The van der Waals surface area contributed by atoms with E-state index in [1.165, 1.54) is 23.2 Å². The largest absolute Gasteiger partial charge is 0.467 e. The molecule has 1 atom stereocenters. The Kier molecular flexibility index (Phi) is 4.12. The summed E-state index contributed by atoms with van der Waals surface area (Å²) in [5.74, 6) is -0.844. The molecular formula is C12H13F3N2O3. The van der Waals surface area contributed by atoms with Crippen LogP contribution in [0.1, 0.15) is 16.8 Å². The maximum Gasteiger partial charge on any atom is 0.422 e. The number of rotatable bonds is 3. The number of nitrogens with zero attached hydrogens (tertiary/aromatic N) is 2. The third kappa shape index (κ3) is 3.60. The molecule has 0 saturated carbocycles. The molecule has 0 aliphatic carbocycles. The van der Waals surface area contributed by atoms with Crippen molar-refractivity contribution < 1.29 is 27.8 Å². The van der Waals surface area contributed by atoms with Crippen molar-refractivity contribution in [1.29, 1.82) is 0 Å². The fraction of sp³-hybridized carbons (Fsp3) is 0.500. The van der Waals surface area contributed by atoms with Crippen molar-refractivity contribution in [3.05, 3.63) is 23.9 Å². The fourth-order valence-corrected chi connectivity index (χ4v) is 1.92. The van der Waals surface area contributed by atoms with E-state index >= 15 is 0 Å². The SMILES string of the molecule is O=C(c1cccnc1OCC(F)(F)F)N1CC[C@@H](O)C1. The minimum absolute atomic E-state index is 0.0362. The first kappa shape index (κ1) is 14.6. The summed E-state index contributed by atoms with van der Waals surface area (Å²) in [7, 11) is 0. The molecule has 0 spiro atoms. The van der Waals surface area contributed by atoms with E-state index in [2.05, 4.69) is 9.72 Å². The van der Waals surface area contributed by atoms with E-state index in [1.54, 1.807) is 0 Å². The molecule has 2 heterocycles. The van der Waals surface area contributed by atoms with E-state index in [4.69, 9.17) is 0 Å². The zero-order chi connectivity index (χ0) is 14.8. The van der Waals surface area contributed by atoms with Gasteiger partial charge in [0.2, 0.25) is 5.88 Å². The summed E-state index contributed by atoms with van der Waals surface area (Å²) in [5.41, 5.74) is -0.0362. The van der Waals surface area contributed by atoms with Crippen molar-refractivity contribution in [2.45, 2.75) is 18.7 Å². The summed E-state index contributed by atoms with van der Waals surface area (Å²) >= 11 is 0. The molecule has 5 nitrogen and oxygen atoms in total. The molecule has 110 valence electrons. The van der Waals surface area contributed by atoms with Gasteiger partial charge in [0.25, 0.3) is 5.91 Å². The first-order valence-electron chi connectivity index (χ1n) is 5.99. The Morgan fingerprint density at radius 1 is 1.55 bits per heavy atom. The van der Waals surface area contributed by atoms with Gasteiger partial charge < -0.3 is 14.7 Å². The molecule has 2 rings (SSSR count). The van der Waals surface area contributed by atoms with Crippen LogP contribution in [0.4, 0.5) is 13.2 Å². The lowest BCUT2D eigenvalue weighted by Crippen LogP contribution is -2.30. The van der Waals surface area contributed by atoms with Gasteiger partial charge in [0.15, 0.2) is 6.61 Å². The summed E-state index contributed by atoms with van der Waals surface area (Å²) in [4.78, 5) is 17.2. The highest BCUT2D eigenvalue weighted by Gasteiger charge is 2.31. The van der Waals surface area contributed by atoms with Gasteiger partial charge in [-0.3, -0.25) is 4.79 Å². The first-order chi connectivity index (χ1) is 9.37. The van der Waals surface area contributed by atoms with Gasteiger partial charge in [-0.15, -0.1) is 0 Å². The van der Waals surface area contributed by atoms with E-state index < -0.39 is 24.8 Å². The number of aliphatic hydroxyl groups excluding tert-OH is 1. The molecule has 1 N–H and O–H groups in total. The van der Waals surface area contributed by atoms with Gasteiger partial charge in [-0.05, 0) is 18.6 Å². The first-order valence-corrected chi connectivity index (χ1v) is 5.99. The number of amides is 1. The van der Waals surface area contributed by atoms with Crippen LogP contribution < -0.4 is 4.74 Å². The van der Waals surface area contributed by atoms with Gasteiger partial charge in [-0.2, -0.15) is 13.2 Å². The summed E-state index contributed by atoms with van der Waals surface area (Å²) in [6.07, 6.45) is -3.40. The molecule has 1 amide bonds. The number of halogens is 3. The number of aromatic nitrogens is 1. The van der Waals surface area contributed by atoms with E-state index in [0.717, 1.165) is 0 Å². The minimum Gasteiger partial charge on any atom is -0.467 e. The monoisotopic (exact) mass is 290 g/mol. The lowest BCUT2D eigenvalue weighted by atomic mass is 10.2. The van der Waals surface area contributed by atoms with Crippen LogP contribution in [0.3, 0.4) is 0 Å². The third-order valence-corrected chi connectivity index (χ3v) is 2.82. The molecule has 0 aromatic carbocycles. The highest BCUT2D eigenvalue weighted by atomic mass is 19.4. The maximum atomic E-state index is 12.2. The zero-order valence-electron chi connectivity index (χ0n) is 10.4. The normalized spacial score (nSPS) is 19.2. The second-order valence-electron chi connectivity index (χ2n) is 4.45. The van der Waals surface area contributed by atoms with Crippen LogP contribution in [-0.2, 0) is 0 Å². The Morgan fingerprint density at radius 3 is 2.90 bits per heavy atom. The predicted molar refractivity (Wildman–Crippen MR) is 62.3 cm³/mol. The molecule has 1 aromatic heterocycles. The van der Waals surface area contributed by atoms with Crippen molar-refractivity contribution in [2.75, 3.05) is 19.7 Å². The molecule has 0 unspecified atom stereocenters. The molecule has 1 saturated heterocycles. The third-order valence-electron chi connectivity index (χ3n) is 2.82. The lowest BCUT2D eigenvalue weighted by Gasteiger charge is -2.17. The second kappa shape index (κ2) is 5.66. The average Bonchev–Trinajstić information content (AvgIpc) is 2.82. The molecule has 0 bridgehead atoms. The quantitative estimate of drug-likeness (QED) is 0.909. The molecule has 0 radical (unpaired) electrons. The van der Waals surface area contributed by atoms with E-state index in [9.17, 15) is 23.1 Å². The highest BCUT2D eigenvalue weighted by Crippen LogP contribution is 2.22. The Hall–Kier alpha value is -1.83. The van der Waals surface area contributed by atoms with Crippen molar-refractivity contribution in [3.63, 3.8) is 0 Å². The number of β-amino-alcohol motifs (C(OH)–C–C–N with tert-alkyl or cyclic N) is 1. The number of carbonyl (C=O) groups is 1. The second-order valence-corrected chi connectivity index (χ2v) is 4.45. The van der Waals surface area contributed by atoms with Crippen LogP contribution >= 0.6 is 0 Å². The topological polar surface area (TPSA) is 62.7 Å². The fourth-order valence-electron chi connectivity index (χ4n) is 1.92. The maximum absolute atomic E-state index is 12.2. The van der Waals surface area contributed by atoms with Gasteiger partial charge in [0, 0.05) is 19.3 Å². The van der Waals surface area contributed by atoms with Crippen molar-refractivity contribution in [3.8, 4) is 5.88 Å². The van der Waals surface area contributed by atoms with Crippen LogP contribution in [0.25, 0.3) is 0 Å². The summed E-state index contributed by atoms with van der Waals surface area (Å²) < 4.78 is 41.0. The van der Waals surface area contributed by atoms with E-state index in [-0.39, 0.29) is 18.0 Å². The van der Waals surface area contributed by atoms with Crippen molar-refractivity contribution >= 4 is 5.91 Å². The van der Waals surface area contributed by atoms with Crippen LogP contribution in [-0.4, -0.2) is 52.9 Å². The molecular weight excluding hydrogens is 277 g/mol. The van der Waals surface area contributed by atoms with E-state index in [1.807, 2.05) is 0 Å². The molecule has 1 aromatic rings. The minimum atomic E-state index is -4.50. The smallest absolute Gasteiger partial charge is 0.422 e. The molecule has 1 aliphatic heterocycles. The Labute approximate surface area is 113 Å². The number of carbonyl (C=O) groups excluding carboxylic acids is 1.